The minimum Gasteiger partial charge on any atom is -1.00 e. The Morgan fingerprint density at radius 3 is 1.93 bits per heavy atom. The molecule has 0 aromatic rings. The van der Waals surface area contributed by atoms with E-state index < -0.39 is 0 Å². The summed E-state index contributed by atoms with van der Waals surface area (Å²) in [5.74, 6) is 0. The van der Waals surface area contributed by atoms with Gasteiger partial charge in [0.25, 0.3) is 0 Å². The molecule has 0 amide bonds. The molecule has 0 aliphatic carbocycles. The van der Waals surface area contributed by atoms with Crippen molar-refractivity contribution >= 4 is 15.9 Å². The molecule has 0 aromatic heterocycles. The van der Waals surface area contributed by atoms with E-state index in [0.29, 0.717) is 0 Å². The molecule has 0 saturated heterocycles. The number of quaternary nitrogens is 1. The quantitative estimate of drug-likeness (QED) is 0.268. The van der Waals surface area contributed by atoms with E-state index in [1.54, 1.807) is 0 Å². The van der Waals surface area contributed by atoms with Crippen molar-refractivity contribution in [3.63, 3.8) is 0 Å². The normalized spacial score (nSPS) is 11.1. The number of hydrogen-bond acceptors (Lipinski definition) is 0. The average molecular weight is 287 g/mol. The van der Waals surface area contributed by atoms with Gasteiger partial charge in [0.05, 0.1) is 20.6 Å². The number of halogens is 2. The largest absolute Gasteiger partial charge is 1.00 e. The van der Waals surface area contributed by atoms with E-state index in [-0.39, 0.29) is 12.4 Å². The minimum absolute atomic E-state index is 0. The van der Waals surface area contributed by atoms with Crippen LogP contribution in [0, 0.1) is 0 Å². The molecule has 0 aliphatic rings. The van der Waals surface area contributed by atoms with Crippen LogP contribution in [0.5, 0.6) is 0 Å². The maximum atomic E-state index is 3.54. The van der Waals surface area contributed by atoms with Crippen LogP contribution >= 0.6 is 15.9 Å². The third-order valence-electron chi connectivity index (χ3n) is 2.44. The molecule has 0 radical (unpaired) electrons. The monoisotopic (exact) mass is 285 g/mol. The highest BCUT2D eigenvalue weighted by Crippen LogP contribution is 2.08. The molecule has 0 heterocycles. The second-order valence-electron chi connectivity index (χ2n) is 4.55. The zero-order valence-corrected chi connectivity index (χ0v) is 12.2. The summed E-state index contributed by atoms with van der Waals surface area (Å²) in [6.45, 7) is 3.57. The van der Waals surface area contributed by atoms with Crippen LogP contribution in [-0.4, -0.2) is 30.6 Å². The Balaban J connectivity index is 0. The molecule has 0 rings (SSSR count). The Labute approximate surface area is 104 Å². The van der Waals surface area contributed by atoms with Crippen molar-refractivity contribution in [2.45, 2.75) is 45.4 Å². The summed E-state index contributed by atoms with van der Waals surface area (Å²) in [6.07, 6.45) is 8.41. The molecule has 0 aromatic carbocycles. The number of unbranched alkanes of at least 4 members (excludes halogenated alkanes) is 5. The minimum atomic E-state index is 0. The van der Waals surface area contributed by atoms with E-state index in [1.165, 1.54) is 45.1 Å². The molecule has 0 N–H and O–H groups in total. The lowest BCUT2D eigenvalue weighted by molar-refractivity contribution is -0.876. The van der Waals surface area contributed by atoms with Crippen LogP contribution in [0.2, 0.25) is 0 Å². The molecule has 0 fully saturated rings. The van der Waals surface area contributed by atoms with Crippen molar-refractivity contribution in [2.24, 2.45) is 0 Å². The molecular formula is C11H25BrClN. The molecule has 14 heavy (non-hydrogen) atoms. The first-order chi connectivity index (χ1) is 6.12. The predicted octanol–water partition coefficient (Wildman–Crippen LogP) is 0.780. The van der Waals surface area contributed by atoms with Gasteiger partial charge in [0.15, 0.2) is 0 Å². The summed E-state index contributed by atoms with van der Waals surface area (Å²) in [5.41, 5.74) is 1.07. The van der Waals surface area contributed by atoms with Crippen LogP contribution in [0.3, 0.4) is 0 Å². The summed E-state index contributed by atoms with van der Waals surface area (Å²) in [7, 11) is 4.56. The van der Waals surface area contributed by atoms with E-state index in [0.717, 1.165) is 9.94 Å². The summed E-state index contributed by atoms with van der Waals surface area (Å²) in [5, 5.41) is 0. The first kappa shape index (κ1) is 17.1. The Morgan fingerprint density at radius 1 is 0.929 bits per heavy atom. The highest BCUT2D eigenvalue weighted by atomic mass is 79.9. The highest BCUT2D eigenvalue weighted by Gasteiger charge is 2.10. The molecular weight excluding hydrogens is 261 g/mol. The van der Waals surface area contributed by atoms with Crippen LogP contribution in [0.15, 0.2) is 0 Å². The van der Waals surface area contributed by atoms with Gasteiger partial charge in [-0.25, -0.2) is 0 Å². The summed E-state index contributed by atoms with van der Waals surface area (Å²) < 4.78 is 1.10. The van der Waals surface area contributed by atoms with E-state index in [2.05, 4.69) is 36.9 Å². The zero-order valence-electron chi connectivity index (χ0n) is 9.86. The fourth-order valence-corrected chi connectivity index (χ4v) is 1.63. The SMILES string of the molecule is CCCCCCCC[N+](C)(C)CBr.[Cl-]. The van der Waals surface area contributed by atoms with Gasteiger partial charge >= 0.3 is 0 Å². The van der Waals surface area contributed by atoms with Crippen molar-refractivity contribution in [2.75, 3.05) is 26.1 Å². The zero-order chi connectivity index (χ0) is 10.2. The smallest absolute Gasteiger partial charge is 0.133 e. The van der Waals surface area contributed by atoms with E-state index in [4.69, 9.17) is 0 Å². The molecule has 3 heteroatoms. The maximum Gasteiger partial charge on any atom is 0.133 e. The summed E-state index contributed by atoms with van der Waals surface area (Å²) in [6, 6.07) is 0. The molecule has 0 saturated carbocycles. The highest BCUT2D eigenvalue weighted by molar-refractivity contribution is 9.09. The third kappa shape index (κ3) is 10.8. The third-order valence-corrected chi connectivity index (χ3v) is 3.80. The van der Waals surface area contributed by atoms with Crippen molar-refractivity contribution in [3.05, 3.63) is 0 Å². The van der Waals surface area contributed by atoms with Gasteiger partial charge in [-0.15, -0.1) is 0 Å². The Morgan fingerprint density at radius 2 is 1.43 bits per heavy atom. The lowest BCUT2D eigenvalue weighted by atomic mass is 10.1. The van der Waals surface area contributed by atoms with E-state index in [1.807, 2.05) is 0 Å². The van der Waals surface area contributed by atoms with E-state index >= 15 is 0 Å². The van der Waals surface area contributed by atoms with Crippen molar-refractivity contribution in [1.29, 1.82) is 0 Å². The van der Waals surface area contributed by atoms with Crippen LogP contribution in [-0.2, 0) is 0 Å². The van der Waals surface area contributed by atoms with Gasteiger partial charge in [-0.3, -0.25) is 0 Å². The fraction of sp³-hybridized carbons (Fsp3) is 1.00. The van der Waals surface area contributed by atoms with E-state index in [9.17, 15) is 0 Å². The van der Waals surface area contributed by atoms with Gasteiger partial charge in [0.1, 0.15) is 5.45 Å². The number of rotatable bonds is 8. The lowest BCUT2D eigenvalue weighted by Crippen LogP contribution is -3.00. The first-order valence-electron chi connectivity index (χ1n) is 5.50. The predicted molar refractivity (Wildman–Crippen MR) is 64.1 cm³/mol. The van der Waals surface area contributed by atoms with Gasteiger partial charge in [0.2, 0.25) is 0 Å². The summed E-state index contributed by atoms with van der Waals surface area (Å²) >= 11 is 3.54. The number of nitrogens with zero attached hydrogens (tertiary/aromatic N) is 1. The first-order valence-corrected chi connectivity index (χ1v) is 6.62. The van der Waals surface area contributed by atoms with Gasteiger partial charge in [-0.05, 0) is 28.8 Å². The van der Waals surface area contributed by atoms with Gasteiger partial charge in [0, 0.05) is 0 Å². The molecule has 1 nitrogen and oxygen atoms in total. The lowest BCUT2D eigenvalue weighted by Gasteiger charge is -2.26. The Bertz CT molecular complexity index is 118. The standard InChI is InChI=1S/C11H25BrN.ClH/c1-4-5-6-7-8-9-10-13(2,3)11-12;/h4-11H2,1-3H3;1H/q+1;/p-1. The molecule has 0 atom stereocenters. The van der Waals surface area contributed by atoms with Crippen molar-refractivity contribution in [1.82, 2.24) is 0 Å². The molecule has 0 spiro atoms. The number of hydrogen-bond donors (Lipinski definition) is 0. The second kappa shape index (κ2) is 10.3. The van der Waals surface area contributed by atoms with Crippen LogP contribution in [0.1, 0.15) is 45.4 Å². The molecule has 88 valence electrons. The van der Waals surface area contributed by atoms with Crippen LogP contribution in [0.25, 0.3) is 0 Å². The van der Waals surface area contributed by atoms with Crippen molar-refractivity contribution in [3.8, 4) is 0 Å². The Kier molecular flexibility index (Phi) is 12.6. The molecule has 0 aliphatic heterocycles. The van der Waals surface area contributed by atoms with Crippen molar-refractivity contribution < 1.29 is 16.9 Å². The summed E-state index contributed by atoms with van der Waals surface area (Å²) in [4.78, 5) is 0. The average Bonchev–Trinajstić information content (AvgIpc) is 2.11. The topological polar surface area (TPSA) is 0 Å². The van der Waals surface area contributed by atoms with Gasteiger partial charge in [-0.1, -0.05) is 32.6 Å². The molecule has 0 unspecified atom stereocenters. The molecule has 0 bridgehead atoms. The van der Waals surface area contributed by atoms with Crippen LogP contribution < -0.4 is 12.4 Å². The Hall–Kier alpha value is 0.730. The number of alkyl halides is 1. The fourth-order valence-electron chi connectivity index (χ4n) is 1.38. The van der Waals surface area contributed by atoms with Gasteiger partial charge in [-0.2, -0.15) is 0 Å². The second-order valence-corrected chi connectivity index (χ2v) is 5.05. The maximum absolute atomic E-state index is 3.54. The van der Waals surface area contributed by atoms with Crippen LogP contribution in [0.4, 0.5) is 0 Å². The van der Waals surface area contributed by atoms with Gasteiger partial charge < -0.3 is 16.9 Å².